The zero-order valence-electron chi connectivity index (χ0n) is 9.28. The van der Waals surface area contributed by atoms with E-state index in [4.69, 9.17) is 16.3 Å². The molecule has 4 heteroatoms. The second-order valence-electron chi connectivity index (χ2n) is 3.52. The molecule has 17 heavy (non-hydrogen) atoms. The van der Waals surface area contributed by atoms with Crippen molar-refractivity contribution in [1.82, 2.24) is 4.98 Å². The molecule has 0 atom stereocenters. The van der Waals surface area contributed by atoms with Crippen molar-refractivity contribution in [3.8, 4) is 11.5 Å². The quantitative estimate of drug-likeness (QED) is 0.762. The van der Waals surface area contributed by atoms with Gasteiger partial charge in [0.25, 0.3) is 0 Å². The average Bonchev–Trinajstić information content (AvgIpc) is 2.32. The van der Waals surface area contributed by atoms with Gasteiger partial charge in [0.1, 0.15) is 11.5 Å². The number of hydrogen-bond acceptors (Lipinski definition) is 2. The van der Waals surface area contributed by atoms with Crippen molar-refractivity contribution in [3.63, 3.8) is 0 Å². The Morgan fingerprint density at radius 3 is 2.71 bits per heavy atom. The van der Waals surface area contributed by atoms with E-state index in [1.807, 2.05) is 13.0 Å². The highest BCUT2D eigenvalue weighted by molar-refractivity contribution is 6.31. The Morgan fingerprint density at radius 2 is 2.00 bits per heavy atom. The number of rotatable bonds is 3. The first kappa shape index (κ1) is 11.9. The van der Waals surface area contributed by atoms with Crippen LogP contribution in [0.5, 0.6) is 11.5 Å². The van der Waals surface area contributed by atoms with Crippen LogP contribution in [-0.4, -0.2) is 4.98 Å². The van der Waals surface area contributed by atoms with Crippen LogP contribution in [0.25, 0.3) is 0 Å². The predicted octanol–water partition coefficient (Wildman–Crippen LogP) is 4.23. The number of ether oxygens (including phenoxy) is 1. The highest BCUT2D eigenvalue weighted by Gasteiger charge is 2.03. The molecule has 0 radical (unpaired) electrons. The van der Waals surface area contributed by atoms with Crippen LogP contribution in [0.3, 0.4) is 0 Å². The van der Waals surface area contributed by atoms with E-state index in [2.05, 4.69) is 4.98 Å². The van der Waals surface area contributed by atoms with Gasteiger partial charge in [-0.15, -0.1) is 0 Å². The molecule has 1 aromatic carbocycles. The first-order valence-electron chi connectivity index (χ1n) is 5.27. The van der Waals surface area contributed by atoms with Gasteiger partial charge in [-0.05, 0) is 36.2 Å². The van der Waals surface area contributed by atoms with Crippen LogP contribution < -0.4 is 4.74 Å². The van der Waals surface area contributed by atoms with Crippen LogP contribution in [0, 0.1) is 5.95 Å². The Labute approximate surface area is 104 Å². The third-order valence-electron chi connectivity index (χ3n) is 2.33. The minimum atomic E-state index is -0.563. The lowest BCUT2D eigenvalue weighted by Gasteiger charge is -2.08. The summed E-state index contributed by atoms with van der Waals surface area (Å²) in [6.07, 6.45) is 2.18. The van der Waals surface area contributed by atoms with Crippen molar-refractivity contribution < 1.29 is 9.13 Å². The fraction of sp³-hybridized carbons (Fsp3) is 0.154. The maximum atomic E-state index is 12.9. The lowest BCUT2D eigenvalue weighted by molar-refractivity contribution is 0.471. The fourth-order valence-electron chi connectivity index (χ4n) is 1.47. The Kier molecular flexibility index (Phi) is 3.59. The van der Waals surface area contributed by atoms with Gasteiger partial charge in [-0.3, -0.25) is 0 Å². The van der Waals surface area contributed by atoms with Crippen LogP contribution in [0.15, 0.2) is 36.5 Å². The molecular weight excluding hydrogens is 241 g/mol. The molecular formula is C13H11ClFNO. The molecule has 0 aliphatic carbocycles. The summed E-state index contributed by atoms with van der Waals surface area (Å²) in [6, 6.07) is 8.21. The van der Waals surface area contributed by atoms with E-state index in [9.17, 15) is 4.39 Å². The molecule has 0 saturated heterocycles. The molecule has 0 aliphatic heterocycles. The van der Waals surface area contributed by atoms with E-state index in [1.165, 1.54) is 12.3 Å². The van der Waals surface area contributed by atoms with Gasteiger partial charge in [0, 0.05) is 17.3 Å². The van der Waals surface area contributed by atoms with E-state index < -0.39 is 5.95 Å². The lowest BCUT2D eigenvalue weighted by atomic mass is 10.1. The zero-order valence-corrected chi connectivity index (χ0v) is 10.0. The summed E-state index contributed by atoms with van der Waals surface area (Å²) in [5.41, 5.74) is 0.999. The molecule has 0 fully saturated rings. The summed E-state index contributed by atoms with van der Waals surface area (Å²) < 4.78 is 18.4. The normalized spacial score (nSPS) is 10.3. The summed E-state index contributed by atoms with van der Waals surface area (Å²) >= 11 is 6.00. The van der Waals surface area contributed by atoms with Crippen LogP contribution in [0.2, 0.25) is 5.02 Å². The van der Waals surface area contributed by atoms with Gasteiger partial charge in [0.05, 0.1) is 0 Å². The van der Waals surface area contributed by atoms with Crippen molar-refractivity contribution >= 4 is 11.6 Å². The van der Waals surface area contributed by atoms with E-state index >= 15 is 0 Å². The smallest absolute Gasteiger partial charge is 0.216 e. The van der Waals surface area contributed by atoms with Crippen molar-refractivity contribution in [2.45, 2.75) is 13.3 Å². The van der Waals surface area contributed by atoms with Gasteiger partial charge in [-0.25, -0.2) is 4.98 Å². The standard InChI is InChI=1S/C13H11ClFNO/c1-2-9-7-10(3-4-12(9)14)17-11-5-6-16-13(15)8-11/h3-8H,2H2,1H3. The number of aromatic nitrogens is 1. The molecule has 1 aromatic heterocycles. The van der Waals surface area contributed by atoms with Crippen molar-refractivity contribution in [1.29, 1.82) is 0 Å². The fourth-order valence-corrected chi connectivity index (χ4v) is 1.72. The highest BCUT2D eigenvalue weighted by atomic mass is 35.5. The third-order valence-corrected chi connectivity index (χ3v) is 2.70. The molecule has 2 nitrogen and oxygen atoms in total. The molecule has 0 N–H and O–H groups in total. The van der Waals surface area contributed by atoms with Gasteiger partial charge in [-0.2, -0.15) is 4.39 Å². The first-order chi connectivity index (χ1) is 8.19. The molecule has 0 bridgehead atoms. The van der Waals surface area contributed by atoms with Gasteiger partial charge in [0.15, 0.2) is 0 Å². The van der Waals surface area contributed by atoms with Gasteiger partial charge in [-0.1, -0.05) is 18.5 Å². The topological polar surface area (TPSA) is 22.1 Å². The van der Waals surface area contributed by atoms with E-state index in [0.29, 0.717) is 16.5 Å². The molecule has 0 aliphatic rings. The molecule has 0 spiro atoms. The summed E-state index contributed by atoms with van der Waals surface area (Å²) in [7, 11) is 0. The molecule has 0 unspecified atom stereocenters. The Bertz CT molecular complexity index is 531. The van der Waals surface area contributed by atoms with E-state index in [1.54, 1.807) is 18.2 Å². The second kappa shape index (κ2) is 5.15. The number of hydrogen-bond donors (Lipinski definition) is 0. The lowest BCUT2D eigenvalue weighted by Crippen LogP contribution is -1.89. The molecule has 0 amide bonds. The van der Waals surface area contributed by atoms with Crippen molar-refractivity contribution in [3.05, 3.63) is 53.1 Å². The monoisotopic (exact) mass is 251 g/mol. The largest absolute Gasteiger partial charge is 0.457 e. The predicted molar refractivity (Wildman–Crippen MR) is 65.1 cm³/mol. The molecule has 2 rings (SSSR count). The molecule has 88 valence electrons. The summed E-state index contributed by atoms with van der Waals surface area (Å²) in [4.78, 5) is 3.46. The second-order valence-corrected chi connectivity index (χ2v) is 3.93. The van der Waals surface area contributed by atoms with Gasteiger partial charge in [0.2, 0.25) is 5.95 Å². The number of pyridine rings is 1. The maximum Gasteiger partial charge on any atom is 0.216 e. The Balaban J connectivity index is 2.24. The summed E-state index contributed by atoms with van der Waals surface area (Å²) in [5.74, 6) is 0.492. The van der Waals surface area contributed by atoms with Gasteiger partial charge < -0.3 is 4.74 Å². The number of nitrogens with zero attached hydrogens (tertiary/aromatic N) is 1. The van der Waals surface area contributed by atoms with E-state index in [0.717, 1.165) is 12.0 Å². The van der Waals surface area contributed by atoms with Crippen LogP contribution in [0.1, 0.15) is 12.5 Å². The van der Waals surface area contributed by atoms with Crippen molar-refractivity contribution in [2.24, 2.45) is 0 Å². The maximum absolute atomic E-state index is 12.9. The molecule has 2 aromatic rings. The number of benzene rings is 1. The Hall–Kier alpha value is -1.61. The summed E-state index contributed by atoms with van der Waals surface area (Å²) in [5, 5.41) is 0.709. The molecule has 0 saturated carbocycles. The number of aryl methyl sites for hydroxylation is 1. The van der Waals surface area contributed by atoms with Crippen molar-refractivity contribution in [2.75, 3.05) is 0 Å². The number of halogens is 2. The van der Waals surface area contributed by atoms with E-state index in [-0.39, 0.29) is 0 Å². The minimum Gasteiger partial charge on any atom is -0.457 e. The Morgan fingerprint density at radius 1 is 1.24 bits per heavy atom. The highest BCUT2D eigenvalue weighted by Crippen LogP contribution is 2.26. The SMILES string of the molecule is CCc1cc(Oc2ccnc(F)c2)ccc1Cl. The first-order valence-corrected chi connectivity index (χ1v) is 5.64. The average molecular weight is 252 g/mol. The summed E-state index contributed by atoms with van der Waals surface area (Å²) in [6.45, 7) is 2.01. The third kappa shape index (κ3) is 2.94. The van der Waals surface area contributed by atoms with Crippen LogP contribution in [0.4, 0.5) is 4.39 Å². The zero-order chi connectivity index (χ0) is 12.3. The molecule has 1 heterocycles. The van der Waals surface area contributed by atoms with Crippen LogP contribution >= 0.6 is 11.6 Å². The minimum absolute atomic E-state index is 0.418. The van der Waals surface area contributed by atoms with Gasteiger partial charge >= 0.3 is 0 Å². The van der Waals surface area contributed by atoms with Crippen LogP contribution in [-0.2, 0) is 6.42 Å².